The van der Waals surface area contributed by atoms with Crippen molar-refractivity contribution < 1.29 is 4.79 Å². The molecular weight excluding hydrogens is 294 g/mol. The number of hydrogen-bond donors (Lipinski definition) is 2. The van der Waals surface area contributed by atoms with Crippen LogP contribution in [-0.4, -0.2) is 25.5 Å². The average Bonchev–Trinajstić information content (AvgIpc) is 3.03. The van der Waals surface area contributed by atoms with Crippen LogP contribution >= 0.6 is 0 Å². The highest BCUT2D eigenvalue weighted by Gasteiger charge is 2.13. The molecule has 4 aromatic rings. The van der Waals surface area contributed by atoms with Gasteiger partial charge < -0.3 is 10.3 Å². The second kappa shape index (κ2) is 5.06. The van der Waals surface area contributed by atoms with Crippen LogP contribution in [0, 0.1) is 0 Å². The van der Waals surface area contributed by atoms with E-state index in [0.717, 1.165) is 0 Å². The van der Waals surface area contributed by atoms with Crippen LogP contribution in [0.1, 0.15) is 10.4 Å². The molecular formula is C16H11N5O2. The topological polar surface area (TPSA) is 92.2 Å². The number of rotatable bonds is 2. The maximum atomic E-state index is 12.6. The number of amides is 1. The molecule has 7 heteroatoms. The number of aromatic nitrogens is 4. The van der Waals surface area contributed by atoms with E-state index >= 15 is 0 Å². The predicted octanol–water partition coefficient (Wildman–Crippen LogP) is 1.82. The summed E-state index contributed by atoms with van der Waals surface area (Å²) in [5, 5.41) is 7.57. The van der Waals surface area contributed by atoms with Crippen LogP contribution in [0.25, 0.3) is 16.6 Å². The molecule has 1 aromatic carbocycles. The fourth-order valence-corrected chi connectivity index (χ4v) is 2.51. The van der Waals surface area contributed by atoms with Gasteiger partial charge in [0.05, 0.1) is 11.8 Å². The number of H-pyrrole nitrogens is 1. The van der Waals surface area contributed by atoms with E-state index < -0.39 is 0 Å². The Morgan fingerprint density at radius 2 is 2.00 bits per heavy atom. The third-order valence-electron chi connectivity index (χ3n) is 3.53. The summed E-state index contributed by atoms with van der Waals surface area (Å²) in [5.41, 5.74) is 1.22. The number of aromatic amines is 1. The summed E-state index contributed by atoms with van der Waals surface area (Å²) in [4.78, 5) is 31.2. The molecule has 0 spiro atoms. The van der Waals surface area contributed by atoms with E-state index in [0.29, 0.717) is 27.9 Å². The molecule has 1 amide bonds. The smallest absolute Gasteiger partial charge is 0.257 e. The second-order valence-electron chi connectivity index (χ2n) is 4.98. The van der Waals surface area contributed by atoms with Crippen LogP contribution in [0.2, 0.25) is 0 Å². The molecule has 2 N–H and O–H groups in total. The molecule has 0 fully saturated rings. The number of hydrogen-bond acceptors (Lipinski definition) is 4. The number of pyridine rings is 1. The van der Waals surface area contributed by atoms with E-state index in [-0.39, 0.29) is 11.5 Å². The Hall–Kier alpha value is -3.48. The maximum absolute atomic E-state index is 12.6. The third kappa shape index (κ3) is 2.24. The van der Waals surface area contributed by atoms with Gasteiger partial charge in [0.2, 0.25) is 5.56 Å². The average molecular weight is 305 g/mol. The largest absolute Gasteiger partial charge is 0.322 e. The number of carbonyl (C=O) groups is 1. The van der Waals surface area contributed by atoms with E-state index in [1.807, 2.05) is 6.07 Å². The van der Waals surface area contributed by atoms with E-state index in [9.17, 15) is 9.59 Å². The molecule has 0 radical (unpaired) electrons. The second-order valence-corrected chi connectivity index (χ2v) is 4.98. The number of nitrogens with zero attached hydrogens (tertiary/aromatic N) is 3. The van der Waals surface area contributed by atoms with Gasteiger partial charge in [-0.1, -0.05) is 18.2 Å². The van der Waals surface area contributed by atoms with Crippen molar-refractivity contribution in [3.05, 3.63) is 70.8 Å². The first-order valence-corrected chi connectivity index (χ1v) is 6.94. The standard InChI is InChI=1S/C16H11N5O2/c22-15-9-11(10-3-1-2-4-12(10)19-15)16(23)20-14-5-7-17-13-6-8-18-21(13)14/h1-9H,(H,19,22)(H,20,23). The Labute approximate surface area is 129 Å². The molecule has 0 saturated carbocycles. The summed E-state index contributed by atoms with van der Waals surface area (Å²) in [5.74, 6) is 0.102. The van der Waals surface area contributed by atoms with Gasteiger partial charge in [0.15, 0.2) is 5.65 Å². The summed E-state index contributed by atoms with van der Waals surface area (Å²) in [6.07, 6.45) is 3.18. The fraction of sp³-hybridized carbons (Fsp3) is 0. The molecule has 0 aliphatic carbocycles. The molecule has 0 aliphatic rings. The zero-order valence-electron chi connectivity index (χ0n) is 11.9. The first-order valence-electron chi connectivity index (χ1n) is 6.94. The lowest BCUT2D eigenvalue weighted by molar-refractivity contribution is 0.102. The Kier molecular flexibility index (Phi) is 2.90. The summed E-state index contributed by atoms with van der Waals surface area (Å²) in [6, 6.07) is 11.8. The molecule has 4 rings (SSSR count). The van der Waals surface area contributed by atoms with Crippen LogP contribution in [0.5, 0.6) is 0 Å². The first kappa shape index (κ1) is 13.2. The molecule has 3 heterocycles. The molecule has 0 bridgehead atoms. The zero-order chi connectivity index (χ0) is 15.8. The van der Waals surface area contributed by atoms with Crippen molar-refractivity contribution in [3.8, 4) is 0 Å². The zero-order valence-corrected chi connectivity index (χ0v) is 11.9. The first-order chi connectivity index (χ1) is 11.2. The SMILES string of the molecule is O=C(Nc1ccnc2ccnn12)c1cc(=O)[nH]c2ccccc12. The number of carbonyl (C=O) groups excluding carboxylic acids is 1. The number of benzene rings is 1. The van der Waals surface area contributed by atoms with Gasteiger partial charge in [-0.25, -0.2) is 4.98 Å². The quantitative estimate of drug-likeness (QED) is 0.591. The Morgan fingerprint density at radius 3 is 2.91 bits per heavy atom. The molecule has 3 aromatic heterocycles. The highest BCUT2D eigenvalue weighted by Crippen LogP contribution is 2.16. The molecule has 112 valence electrons. The summed E-state index contributed by atoms with van der Waals surface area (Å²) >= 11 is 0. The number of anilines is 1. The van der Waals surface area contributed by atoms with E-state index in [1.165, 1.54) is 10.6 Å². The van der Waals surface area contributed by atoms with E-state index in [1.54, 1.807) is 42.7 Å². The van der Waals surface area contributed by atoms with Crippen molar-refractivity contribution in [1.82, 2.24) is 19.6 Å². The monoisotopic (exact) mass is 305 g/mol. The van der Waals surface area contributed by atoms with Crippen molar-refractivity contribution in [1.29, 1.82) is 0 Å². The molecule has 0 saturated heterocycles. The van der Waals surface area contributed by atoms with Crippen LogP contribution < -0.4 is 10.9 Å². The van der Waals surface area contributed by atoms with Crippen molar-refractivity contribution in [2.24, 2.45) is 0 Å². The molecule has 0 atom stereocenters. The third-order valence-corrected chi connectivity index (χ3v) is 3.53. The lowest BCUT2D eigenvalue weighted by atomic mass is 10.1. The summed E-state index contributed by atoms with van der Waals surface area (Å²) in [7, 11) is 0. The predicted molar refractivity (Wildman–Crippen MR) is 85.5 cm³/mol. The van der Waals surface area contributed by atoms with E-state index in [4.69, 9.17) is 0 Å². The van der Waals surface area contributed by atoms with Gasteiger partial charge in [0.1, 0.15) is 5.82 Å². The van der Waals surface area contributed by atoms with Crippen LogP contribution in [0.4, 0.5) is 5.82 Å². The van der Waals surface area contributed by atoms with E-state index in [2.05, 4.69) is 20.4 Å². The number of nitrogens with one attached hydrogen (secondary N) is 2. The Balaban J connectivity index is 1.81. The minimum absolute atomic E-state index is 0.307. The highest BCUT2D eigenvalue weighted by atomic mass is 16.2. The lowest BCUT2D eigenvalue weighted by Crippen LogP contribution is -2.18. The van der Waals surface area contributed by atoms with Crippen molar-refractivity contribution in [2.45, 2.75) is 0 Å². The van der Waals surface area contributed by atoms with Gasteiger partial charge in [-0.05, 0) is 12.1 Å². The Bertz CT molecular complexity index is 1100. The van der Waals surface area contributed by atoms with Crippen molar-refractivity contribution >= 4 is 28.3 Å². The van der Waals surface area contributed by atoms with Gasteiger partial charge in [-0.3, -0.25) is 9.59 Å². The van der Waals surface area contributed by atoms with Gasteiger partial charge in [-0.2, -0.15) is 9.61 Å². The molecule has 23 heavy (non-hydrogen) atoms. The summed E-state index contributed by atoms with van der Waals surface area (Å²) < 4.78 is 1.52. The van der Waals surface area contributed by atoms with Gasteiger partial charge in [0, 0.05) is 29.2 Å². The molecule has 7 nitrogen and oxygen atoms in total. The van der Waals surface area contributed by atoms with Crippen molar-refractivity contribution in [2.75, 3.05) is 5.32 Å². The minimum Gasteiger partial charge on any atom is -0.322 e. The number of fused-ring (bicyclic) bond motifs is 2. The number of para-hydroxylation sites is 1. The maximum Gasteiger partial charge on any atom is 0.257 e. The Morgan fingerprint density at radius 1 is 1.13 bits per heavy atom. The van der Waals surface area contributed by atoms with Crippen LogP contribution in [0.3, 0.4) is 0 Å². The molecule has 0 unspecified atom stereocenters. The lowest BCUT2D eigenvalue weighted by Gasteiger charge is -2.08. The van der Waals surface area contributed by atoms with Gasteiger partial charge in [-0.15, -0.1) is 0 Å². The normalized spacial score (nSPS) is 11.0. The van der Waals surface area contributed by atoms with Gasteiger partial charge in [0.25, 0.3) is 5.91 Å². The highest BCUT2D eigenvalue weighted by molar-refractivity contribution is 6.12. The summed E-state index contributed by atoms with van der Waals surface area (Å²) in [6.45, 7) is 0. The minimum atomic E-state index is -0.379. The van der Waals surface area contributed by atoms with Crippen molar-refractivity contribution in [3.63, 3.8) is 0 Å². The fourth-order valence-electron chi connectivity index (χ4n) is 2.51. The van der Waals surface area contributed by atoms with Gasteiger partial charge >= 0.3 is 0 Å². The van der Waals surface area contributed by atoms with Crippen LogP contribution in [-0.2, 0) is 0 Å². The molecule has 0 aliphatic heterocycles. The van der Waals surface area contributed by atoms with Crippen LogP contribution in [0.15, 0.2) is 59.7 Å².